The van der Waals surface area contributed by atoms with Crippen LogP contribution in [0.25, 0.3) is 0 Å². The van der Waals surface area contributed by atoms with Crippen LogP contribution in [0.1, 0.15) is 26.7 Å². The average Bonchev–Trinajstić information content (AvgIpc) is 2.07. The van der Waals surface area contributed by atoms with Crippen molar-refractivity contribution in [3.8, 4) is 0 Å². The Morgan fingerprint density at radius 3 is 2.77 bits per heavy atom. The Hall–Kier alpha value is 0.270. The molecule has 1 N–H and O–H groups in total. The first kappa shape index (κ1) is 11.3. The van der Waals surface area contributed by atoms with Crippen molar-refractivity contribution in [1.82, 2.24) is 5.32 Å². The van der Waals surface area contributed by atoms with E-state index in [9.17, 15) is 0 Å². The van der Waals surface area contributed by atoms with Gasteiger partial charge in [-0.2, -0.15) is 11.8 Å². The lowest BCUT2D eigenvalue weighted by atomic mass is 9.89. The maximum atomic E-state index is 5.49. The zero-order valence-corrected chi connectivity index (χ0v) is 9.53. The van der Waals surface area contributed by atoms with Gasteiger partial charge < -0.3 is 10.1 Å². The predicted molar refractivity (Wildman–Crippen MR) is 59.4 cm³/mol. The smallest absolute Gasteiger partial charge is 0.0604 e. The minimum atomic E-state index is 0.543. The lowest BCUT2D eigenvalue weighted by Crippen LogP contribution is -2.46. The number of hydrogen-bond acceptors (Lipinski definition) is 3. The normalized spacial score (nSPS) is 27.2. The number of ether oxygens (including phenoxy) is 1. The van der Waals surface area contributed by atoms with Crippen molar-refractivity contribution in [2.75, 3.05) is 24.7 Å². The molecule has 0 aliphatic heterocycles. The second-order valence-electron chi connectivity index (χ2n) is 3.40. The molecule has 0 radical (unpaired) electrons. The van der Waals surface area contributed by atoms with E-state index in [0.717, 1.165) is 19.2 Å². The van der Waals surface area contributed by atoms with Crippen LogP contribution in [0.2, 0.25) is 0 Å². The second-order valence-corrected chi connectivity index (χ2v) is 4.79. The van der Waals surface area contributed by atoms with Gasteiger partial charge in [-0.05, 0) is 25.5 Å². The van der Waals surface area contributed by atoms with E-state index in [2.05, 4.69) is 19.2 Å². The van der Waals surface area contributed by atoms with Gasteiger partial charge in [0.2, 0.25) is 0 Å². The Bertz CT molecular complexity index is 126. The monoisotopic (exact) mass is 203 g/mol. The summed E-state index contributed by atoms with van der Waals surface area (Å²) in [5.41, 5.74) is 0. The van der Waals surface area contributed by atoms with Crippen LogP contribution < -0.4 is 5.32 Å². The molecule has 1 rings (SSSR count). The van der Waals surface area contributed by atoms with Crippen molar-refractivity contribution in [1.29, 1.82) is 0 Å². The molecular weight excluding hydrogens is 182 g/mol. The summed E-state index contributed by atoms with van der Waals surface area (Å²) in [6.07, 6.45) is 2.97. The van der Waals surface area contributed by atoms with Crippen molar-refractivity contribution >= 4 is 11.8 Å². The Morgan fingerprint density at radius 1 is 1.38 bits per heavy atom. The molecule has 0 bridgehead atoms. The van der Waals surface area contributed by atoms with Crippen LogP contribution in [-0.4, -0.2) is 36.8 Å². The molecule has 1 fully saturated rings. The molecule has 0 unspecified atom stereocenters. The molecule has 1 aliphatic carbocycles. The summed E-state index contributed by atoms with van der Waals surface area (Å²) >= 11 is 2.00. The fraction of sp³-hybridized carbons (Fsp3) is 1.00. The highest BCUT2D eigenvalue weighted by Gasteiger charge is 2.28. The third kappa shape index (κ3) is 4.34. The van der Waals surface area contributed by atoms with Crippen LogP contribution in [-0.2, 0) is 4.74 Å². The first-order valence-corrected chi connectivity index (χ1v) is 6.45. The van der Waals surface area contributed by atoms with E-state index >= 15 is 0 Å². The molecule has 78 valence electrons. The second kappa shape index (κ2) is 6.68. The third-order valence-electron chi connectivity index (χ3n) is 2.38. The lowest BCUT2D eigenvalue weighted by molar-refractivity contribution is -0.00929. The SMILES string of the molecule is CCOC1CC(NCCSCC)C1. The van der Waals surface area contributed by atoms with Crippen molar-refractivity contribution < 1.29 is 4.74 Å². The molecule has 0 amide bonds. The minimum Gasteiger partial charge on any atom is -0.378 e. The van der Waals surface area contributed by atoms with Crippen molar-refractivity contribution in [3.05, 3.63) is 0 Å². The van der Waals surface area contributed by atoms with Gasteiger partial charge in [0.25, 0.3) is 0 Å². The fourth-order valence-corrected chi connectivity index (χ4v) is 2.13. The van der Waals surface area contributed by atoms with Gasteiger partial charge in [-0.3, -0.25) is 0 Å². The summed E-state index contributed by atoms with van der Waals surface area (Å²) in [6, 6.07) is 0.731. The number of thioether (sulfide) groups is 1. The van der Waals surface area contributed by atoms with Gasteiger partial charge in [0.1, 0.15) is 0 Å². The predicted octanol–water partition coefficient (Wildman–Crippen LogP) is 1.90. The van der Waals surface area contributed by atoms with Crippen LogP contribution in [0.4, 0.5) is 0 Å². The summed E-state index contributed by atoms with van der Waals surface area (Å²) in [5, 5.41) is 3.54. The molecule has 2 nitrogen and oxygen atoms in total. The summed E-state index contributed by atoms with van der Waals surface area (Å²) < 4.78 is 5.49. The molecule has 1 aliphatic rings. The minimum absolute atomic E-state index is 0.543. The third-order valence-corrected chi connectivity index (χ3v) is 3.28. The molecule has 3 heteroatoms. The zero-order chi connectivity index (χ0) is 9.52. The molecule has 0 heterocycles. The van der Waals surface area contributed by atoms with Crippen LogP contribution in [0.15, 0.2) is 0 Å². The summed E-state index contributed by atoms with van der Waals surface area (Å²) in [4.78, 5) is 0. The molecule has 0 aromatic carbocycles. The summed E-state index contributed by atoms with van der Waals surface area (Å²) in [5.74, 6) is 2.47. The standard InChI is InChI=1S/C10H21NOS/c1-3-12-10-7-9(8-10)11-5-6-13-4-2/h9-11H,3-8H2,1-2H3. The van der Waals surface area contributed by atoms with E-state index in [1.165, 1.54) is 24.3 Å². The van der Waals surface area contributed by atoms with Gasteiger partial charge in [0.05, 0.1) is 6.10 Å². The Morgan fingerprint density at radius 2 is 2.15 bits per heavy atom. The van der Waals surface area contributed by atoms with Gasteiger partial charge in [0.15, 0.2) is 0 Å². The van der Waals surface area contributed by atoms with Gasteiger partial charge >= 0.3 is 0 Å². The number of rotatable bonds is 7. The van der Waals surface area contributed by atoms with E-state index in [1.54, 1.807) is 0 Å². The van der Waals surface area contributed by atoms with Crippen LogP contribution in [0.3, 0.4) is 0 Å². The average molecular weight is 203 g/mol. The highest BCUT2D eigenvalue weighted by Crippen LogP contribution is 2.22. The molecule has 0 aromatic rings. The molecule has 1 saturated carbocycles. The Labute approximate surface area is 85.8 Å². The largest absolute Gasteiger partial charge is 0.378 e. The highest BCUT2D eigenvalue weighted by atomic mass is 32.2. The maximum Gasteiger partial charge on any atom is 0.0604 e. The van der Waals surface area contributed by atoms with E-state index in [4.69, 9.17) is 4.74 Å². The van der Waals surface area contributed by atoms with E-state index < -0.39 is 0 Å². The first-order valence-electron chi connectivity index (χ1n) is 5.29. The fourth-order valence-electron chi connectivity index (χ4n) is 1.58. The quantitative estimate of drug-likeness (QED) is 0.639. The zero-order valence-electron chi connectivity index (χ0n) is 8.71. The van der Waals surface area contributed by atoms with Crippen LogP contribution in [0, 0.1) is 0 Å². The lowest BCUT2D eigenvalue weighted by Gasteiger charge is -2.35. The topological polar surface area (TPSA) is 21.3 Å². The molecule has 0 saturated heterocycles. The van der Waals surface area contributed by atoms with E-state index in [1.807, 2.05) is 11.8 Å². The van der Waals surface area contributed by atoms with Crippen molar-refractivity contribution in [2.24, 2.45) is 0 Å². The summed E-state index contributed by atoms with van der Waals surface area (Å²) in [7, 11) is 0. The molecule has 0 spiro atoms. The van der Waals surface area contributed by atoms with Gasteiger partial charge in [-0.15, -0.1) is 0 Å². The van der Waals surface area contributed by atoms with Crippen LogP contribution in [0.5, 0.6) is 0 Å². The van der Waals surface area contributed by atoms with Crippen molar-refractivity contribution in [3.63, 3.8) is 0 Å². The van der Waals surface area contributed by atoms with Gasteiger partial charge in [-0.25, -0.2) is 0 Å². The molecule has 13 heavy (non-hydrogen) atoms. The molecule has 0 atom stereocenters. The molecular formula is C10H21NOS. The van der Waals surface area contributed by atoms with Crippen LogP contribution >= 0.6 is 11.8 Å². The maximum absolute atomic E-state index is 5.49. The van der Waals surface area contributed by atoms with Crippen molar-refractivity contribution in [2.45, 2.75) is 38.8 Å². The number of hydrogen-bond donors (Lipinski definition) is 1. The van der Waals surface area contributed by atoms with Gasteiger partial charge in [-0.1, -0.05) is 6.92 Å². The van der Waals surface area contributed by atoms with E-state index in [-0.39, 0.29) is 0 Å². The highest BCUT2D eigenvalue weighted by molar-refractivity contribution is 7.99. The van der Waals surface area contributed by atoms with E-state index in [0.29, 0.717) is 6.10 Å². The number of nitrogens with one attached hydrogen (secondary N) is 1. The Kier molecular flexibility index (Phi) is 5.83. The van der Waals surface area contributed by atoms with Gasteiger partial charge in [0, 0.05) is 24.9 Å². The molecule has 0 aromatic heterocycles. The first-order chi connectivity index (χ1) is 6.36. The Balaban J connectivity index is 1.84. The summed E-state index contributed by atoms with van der Waals surface area (Å²) in [6.45, 7) is 6.29.